The van der Waals surface area contributed by atoms with Crippen LogP contribution in [0.1, 0.15) is 27.7 Å². The van der Waals surface area contributed by atoms with Crippen molar-refractivity contribution in [3.8, 4) is 11.4 Å². The summed E-state index contributed by atoms with van der Waals surface area (Å²) >= 11 is 1.04. The lowest BCUT2D eigenvalue weighted by Crippen LogP contribution is -2.23. The molecule has 0 unspecified atom stereocenters. The van der Waals surface area contributed by atoms with Gasteiger partial charge in [0.1, 0.15) is 10.6 Å². The molecule has 132 valence electrons. The third-order valence-electron chi connectivity index (χ3n) is 3.64. The van der Waals surface area contributed by atoms with Crippen LogP contribution in [0.15, 0.2) is 48.7 Å². The molecule has 0 fully saturated rings. The largest absolute Gasteiger partial charge is 0.347 e. The Balaban J connectivity index is 1.85. The molecule has 0 aliphatic carbocycles. The summed E-state index contributed by atoms with van der Waals surface area (Å²) in [5, 5.41) is 5.60. The van der Waals surface area contributed by atoms with Gasteiger partial charge in [-0.25, -0.2) is 0 Å². The average molecular weight is 366 g/mol. The normalized spacial score (nSPS) is 10.4. The number of benzene rings is 1. The smallest absolute Gasteiger partial charge is 0.265 e. The van der Waals surface area contributed by atoms with Crippen LogP contribution in [0, 0.1) is 6.92 Å². The third-order valence-corrected chi connectivity index (χ3v) is 4.49. The quantitative estimate of drug-likeness (QED) is 0.725. The van der Waals surface area contributed by atoms with Crippen molar-refractivity contribution in [3.63, 3.8) is 0 Å². The van der Waals surface area contributed by atoms with Gasteiger partial charge in [-0.2, -0.15) is 4.37 Å². The van der Waals surface area contributed by atoms with E-state index in [1.807, 2.05) is 37.3 Å². The van der Waals surface area contributed by atoms with Crippen LogP contribution in [0.5, 0.6) is 0 Å². The lowest BCUT2D eigenvalue weighted by molar-refractivity contribution is -0.114. The summed E-state index contributed by atoms with van der Waals surface area (Å²) in [6.07, 6.45) is 1.64. The molecule has 0 spiro atoms. The van der Waals surface area contributed by atoms with Crippen molar-refractivity contribution in [2.24, 2.45) is 0 Å². The number of carbonyl (C=O) groups excluding carboxylic acids is 2. The van der Waals surface area contributed by atoms with E-state index in [1.54, 1.807) is 18.3 Å². The van der Waals surface area contributed by atoms with Gasteiger partial charge in [0.25, 0.3) is 5.91 Å². The molecule has 2 heterocycles. The molecule has 2 aromatic heterocycles. The summed E-state index contributed by atoms with van der Waals surface area (Å²) in [5.41, 5.74) is 3.62. The number of nitrogens with zero attached hydrogens (tertiary/aromatic N) is 2. The first kappa shape index (κ1) is 17.8. The van der Waals surface area contributed by atoms with Crippen molar-refractivity contribution in [2.75, 3.05) is 5.32 Å². The fraction of sp³-hybridized carbons (Fsp3) is 0.158. The molecule has 0 aliphatic heterocycles. The highest BCUT2D eigenvalue weighted by Crippen LogP contribution is 2.32. The molecule has 0 atom stereocenters. The lowest BCUT2D eigenvalue weighted by Gasteiger charge is -2.08. The maximum Gasteiger partial charge on any atom is 0.265 e. The standard InChI is InChI=1S/C19H18N4O2S/c1-12-6-5-7-14(10-12)11-21-19(25)18-17(22-13(2)24)16(23-26-18)15-8-3-4-9-20-15/h3-10H,11H2,1-2H3,(H,21,25)(H,22,24). The number of aromatic nitrogens is 2. The van der Waals surface area contributed by atoms with Crippen molar-refractivity contribution in [2.45, 2.75) is 20.4 Å². The number of hydrogen-bond donors (Lipinski definition) is 2. The van der Waals surface area contributed by atoms with Crippen LogP contribution in [-0.4, -0.2) is 21.2 Å². The monoisotopic (exact) mass is 366 g/mol. The highest BCUT2D eigenvalue weighted by molar-refractivity contribution is 7.09. The van der Waals surface area contributed by atoms with Crippen LogP contribution in [0.25, 0.3) is 11.4 Å². The molecule has 26 heavy (non-hydrogen) atoms. The number of nitrogens with one attached hydrogen (secondary N) is 2. The zero-order valence-corrected chi connectivity index (χ0v) is 15.3. The van der Waals surface area contributed by atoms with Gasteiger partial charge in [-0.05, 0) is 36.2 Å². The van der Waals surface area contributed by atoms with Gasteiger partial charge >= 0.3 is 0 Å². The molecule has 3 rings (SSSR count). The van der Waals surface area contributed by atoms with Crippen LogP contribution in [0.3, 0.4) is 0 Å². The van der Waals surface area contributed by atoms with Crippen LogP contribution >= 0.6 is 11.5 Å². The summed E-state index contributed by atoms with van der Waals surface area (Å²) in [4.78, 5) is 28.8. The first-order valence-electron chi connectivity index (χ1n) is 8.07. The highest BCUT2D eigenvalue weighted by Gasteiger charge is 2.22. The number of carbonyl (C=O) groups is 2. The van der Waals surface area contributed by atoms with Gasteiger partial charge in [0.15, 0.2) is 0 Å². The van der Waals surface area contributed by atoms with Gasteiger partial charge in [-0.15, -0.1) is 0 Å². The van der Waals surface area contributed by atoms with Gasteiger partial charge in [0.05, 0.1) is 11.4 Å². The Labute approximate surface area is 155 Å². The molecule has 6 nitrogen and oxygen atoms in total. The molecule has 1 aromatic carbocycles. The van der Waals surface area contributed by atoms with Crippen LogP contribution in [0.2, 0.25) is 0 Å². The van der Waals surface area contributed by atoms with E-state index >= 15 is 0 Å². The molecule has 2 amide bonds. The maximum absolute atomic E-state index is 12.6. The van der Waals surface area contributed by atoms with E-state index in [0.29, 0.717) is 28.5 Å². The third kappa shape index (κ3) is 4.12. The minimum Gasteiger partial charge on any atom is -0.347 e. The minimum absolute atomic E-state index is 0.268. The first-order chi connectivity index (χ1) is 12.5. The summed E-state index contributed by atoms with van der Waals surface area (Å²) in [5.74, 6) is -0.551. The molecule has 0 bridgehead atoms. The topological polar surface area (TPSA) is 84.0 Å². The van der Waals surface area contributed by atoms with Gasteiger partial charge in [-0.3, -0.25) is 14.6 Å². The Hall–Kier alpha value is -3.06. The van der Waals surface area contributed by atoms with E-state index in [0.717, 1.165) is 22.7 Å². The summed E-state index contributed by atoms with van der Waals surface area (Å²) < 4.78 is 4.33. The second-order valence-corrected chi connectivity index (χ2v) is 6.58. The van der Waals surface area contributed by atoms with E-state index in [9.17, 15) is 9.59 Å². The summed E-state index contributed by atoms with van der Waals surface area (Å²) in [7, 11) is 0. The Morgan fingerprint density at radius 3 is 2.69 bits per heavy atom. The highest BCUT2D eigenvalue weighted by atomic mass is 32.1. The predicted octanol–water partition coefficient (Wildman–Crippen LogP) is 3.40. The van der Waals surface area contributed by atoms with Crippen molar-refractivity contribution in [1.82, 2.24) is 14.7 Å². The fourth-order valence-corrected chi connectivity index (χ4v) is 3.26. The molecule has 0 saturated carbocycles. The molecule has 7 heteroatoms. The molecule has 0 aliphatic rings. The Morgan fingerprint density at radius 2 is 2.00 bits per heavy atom. The lowest BCUT2D eigenvalue weighted by atomic mass is 10.1. The van der Waals surface area contributed by atoms with Gasteiger partial charge in [0.2, 0.25) is 5.91 Å². The second-order valence-electron chi connectivity index (χ2n) is 5.80. The van der Waals surface area contributed by atoms with Crippen LogP contribution in [0.4, 0.5) is 5.69 Å². The van der Waals surface area contributed by atoms with Gasteiger partial charge in [0, 0.05) is 19.7 Å². The molecule has 0 saturated heterocycles. The number of rotatable bonds is 5. The Kier molecular flexibility index (Phi) is 5.38. The van der Waals surface area contributed by atoms with E-state index in [2.05, 4.69) is 20.0 Å². The molecule has 0 radical (unpaired) electrons. The fourth-order valence-electron chi connectivity index (χ4n) is 2.50. The number of pyridine rings is 1. The number of aryl methyl sites for hydroxylation is 1. The molecular formula is C19H18N4O2S. The van der Waals surface area contributed by atoms with Crippen molar-refractivity contribution >= 4 is 29.0 Å². The second kappa shape index (κ2) is 7.88. The Morgan fingerprint density at radius 1 is 1.15 bits per heavy atom. The van der Waals surface area contributed by atoms with Gasteiger partial charge in [-0.1, -0.05) is 35.9 Å². The number of anilines is 1. The molecule has 3 aromatic rings. The van der Waals surface area contributed by atoms with E-state index in [1.165, 1.54) is 6.92 Å². The van der Waals surface area contributed by atoms with Crippen LogP contribution in [-0.2, 0) is 11.3 Å². The van der Waals surface area contributed by atoms with Crippen LogP contribution < -0.4 is 10.6 Å². The summed E-state index contributed by atoms with van der Waals surface area (Å²) in [6.45, 7) is 3.80. The first-order valence-corrected chi connectivity index (χ1v) is 8.84. The van der Waals surface area contributed by atoms with Crippen molar-refractivity contribution < 1.29 is 9.59 Å². The van der Waals surface area contributed by atoms with Crippen molar-refractivity contribution in [3.05, 3.63) is 64.7 Å². The summed E-state index contributed by atoms with van der Waals surface area (Å²) in [6, 6.07) is 13.3. The molecular weight excluding hydrogens is 348 g/mol. The minimum atomic E-state index is -0.282. The maximum atomic E-state index is 12.6. The van der Waals surface area contributed by atoms with E-state index in [4.69, 9.17) is 0 Å². The molecule has 2 N–H and O–H groups in total. The van der Waals surface area contributed by atoms with E-state index < -0.39 is 0 Å². The Bertz CT molecular complexity index is 938. The van der Waals surface area contributed by atoms with E-state index in [-0.39, 0.29) is 11.8 Å². The predicted molar refractivity (Wildman–Crippen MR) is 102 cm³/mol. The zero-order chi connectivity index (χ0) is 18.5. The SMILES string of the molecule is CC(=O)Nc1c(-c2ccccn2)nsc1C(=O)NCc1cccc(C)c1. The zero-order valence-electron chi connectivity index (χ0n) is 14.4. The van der Waals surface area contributed by atoms with Gasteiger partial charge < -0.3 is 10.6 Å². The average Bonchev–Trinajstić information content (AvgIpc) is 3.03. The van der Waals surface area contributed by atoms with Crippen molar-refractivity contribution in [1.29, 1.82) is 0 Å². The number of amides is 2. The number of hydrogen-bond acceptors (Lipinski definition) is 5.